The number of nitrogens with one attached hydrogen (secondary N) is 1. The van der Waals surface area contributed by atoms with E-state index in [1.165, 1.54) is 6.08 Å². The number of benzene rings is 1. The number of carbonyl (C=O) groups excluding carboxylic acids is 3. The molecule has 0 radical (unpaired) electrons. The third kappa shape index (κ3) is 3.51. The number of carbonyl (C=O) groups is 4. The smallest absolute Gasteiger partial charge is 0.320 e. The van der Waals surface area contributed by atoms with Gasteiger partial charge in [-0.15, -0.1) is 0 Å². The number of ketones is 3. The Hall–Kier alpha value is -3.36. The highest BCUT2D eigenvalue weighted by Crippen LogP contribution is 2.60. The Morgan fingerprint density at radius 1 is 1.00 bits per heavy atom. The second-order valence-corrected chi connectivity index (χ2v) is 9.88. The standard InChI is InChI=1S/C27H23BrN2O5/c1-12-9-10-16(31)20-17(12)18-13-6-2-3-7-14(13)19(20)22-21(18)25(32)23(28)24(26(22)33)30-11-5-4-8-15(29)27(34)35/h2-3,6-7,9-10,15,18-19,30H,1,4-5,8,11,29H2,(H,34,35)/t15-,18?,19?/m0/s1. The van der Waals surface area contributed by atoms with Gasteiger partial charge >= 0.3 is 5.97 Å². The molecular formula is C27H23BrN2O5. The van der Waals surface area contributed by atoms with E-state index in [0.717, 1.165) is 16.7 Å². The molecule has 0 aliphatic heterocycles. The lowest BCUT2D eigenvalue weighted by molar-refractivity contribution is -0.138. The molecule has 6 rings (SSSR count). The summed E-state index contributed by atoms with van der Waals surface area (Å²) >= 11 is 3.36. The Balaban J connectivity index is 1.47. The van der Waals surface area contributed by atoms with Crippen LogP contribution in [0.1, 0.15) is 42.2 Å². The molecule has 35 heavy (non-hydrogen) atoms. The number of rotatable bonds is 7. The molecular weight excluding hydrogens is 512 g/mol. The maximum Gasteiger partial charge on any atom is 0.320 e. The number of hydrogen-bond donors (Lipinski definition) is 3. The predicted molar refractivity (Wildman–Crippen MR) is 133 cm³/mol. The number of unbranched alkanes of at least 4 members (excludes halogenated alkanes) is 1. The first kappa shape index (κ1) is 23.4. The molecule has 0 amide bonds. The van der Waals surface area contributed by atoms with Crippen LogP contribution in [0.4, 0.5) is 0 Å². The van der Waals surface area contributed by atoms with E-state index in [1.54, 1.807) is 6.08 Å². The summed E-state index contributed by atoms with van der Waals surface area (Å²) in [5, 5.41) is 12.0. The van der Waals surface area contributed by atoms with Gasteiger partial charge in [0.15, 0.2) is 11.6 Å². The zero-order valence-electron chi connectivity index (χ0n) is 18.8. The van der Waals surface area contributed by atoms with Crippen LogP contribution < -0.4 is 11.1 Å². The van der Waals surface area contributed by atoms with Crippen LogP contribution in [0.5, 0.6) is 0 Å². The normalized spacial score (nSPS) is 23.5. The fraction of sp³-hybridized carbons (Fsp3) is 0.259. The van der Waals surface area contributed by atoms with Gasteiger partial charge in [-0.2, -0.15) is 0 Å². The van der Waals surface area contributed by atoms with Crippen LogP contribution in [-0.2, 0) is 19.2 Å². The average Bonchev–Trinajstić information content (AvgIpc) is 2.85. The molecule has 0 fully saturated rings. The lowest BCUT2D eigenvalue weighted by Crippen LogP contribution is -2.42. The van der Waals surface area contributed by atoms with E-state index in [0.29, 0.717) is 48.1 Å². The summed E-state index contributed by atoms with van der Waals surface area (Å²) in [5.41, 5.74) is 10.2. The van der Waals surface area contributed by atoms with E-state index in [-0.39, 0.29) is 27.5 Å². The topological polar surface area (TPSA) is 127 Å². The fourth-order valence-corrected chi connectivity index (χ4v) is 6.05. The van der Waals surface area contributed by atoms with Crippen LogP contribution in [0.2, 0.25) is 0 Å². The molecule has 178 valence electrons. The van der Waals surface area contributed by atoms with Crippen molar-refractivity contribution < 1.29 is 24.3 Å². The highest BCUT2D eigenvalue weighted by molar-refractivity contribution is 9.12. The number of Topliss-reactive ketones (excluding diaryl/α,β-unsaturated/α-hetero) is 2. The summed E-state index contributed by atoms with van der Waals surface area (Å²) in [4.78, 5) is 51.4. The van der Waals surface area contributed by atoms with Crippen molar-refractivity contribution in [3.05, 3.63) is 92.2 Å². The molecule has 2 unspecified atom stereocenters. The number of aliphatic carboxylic acids is 1. The molecule has 4 N–H and O–H groups in total. The van der Waals surface area contributed by atoms with E-state index in [2.05, 4.69) is 27.8 Å². The average molecular weight is 535 g/mol. The first-order valence-corrected chi connectivity index (χ1v) is 12.2. The molecule has 7 nitrogen and oxygen atoms in total. The number of nitrogens with two attached hydrogens (primary N) is 1. The minimum atomic E-state index is -1.05. The van der Waals surface area contributed by atoms with Crippen LogP contribution in [0.3, 0.4) is 0 Å². The van der Waals surface area contributed by atoms with E-state index in [9.17, 15) is 19.2 Å². The van der Waals surface area contributed by atoms with Crippen LogP contribution in [0, 0.1) is 0 Å². The molecule has 1 aromatic rings. The van der Waals surface area contributed by atoms with Crippen molar-refractivity contribution in [1.29, 1.82) is 0 Å². The summed E-state index contributed by atoms with van der Waals surface area (Å²) in [6.07, 6.45) is 4.60. The molecule has 8 heteroatoms. The van der Waals surface area contributed by atoms with Gasteiger partial charge in [0, 0.05) is 35.1 Å². The second kappa shape index (κ2) is 8.70. The lowest BCUT2D eigenvalue weighted by Gasteiger charge is -2.45. The van der Waals surface area contributed by atoms with Gasteiger partial charge in [0.25, 0.3) is 0 Å². The van der Waals surface area contributed by atoms with Gasteiger partial charge in [-0.1, -0.05) is 36.9 Å². The van der Waals surface area contributed by atoms with Crippen LogP contribution in [0.15, 0.2) is 81.0 Å². The molecule has 0 spiro atoms. The molecule has 0 aromatic heterocycles. The SMILES string of the molecule is C=C1C=CC(=O)C2=C1C1C3=C(C(=O)C(NCCCC[C@H](N)C(=O)O)=C(Br)C3=O)C2c2ccccc21. The Morgan fingerprint density at radius 3 is 2.29 bits per heavy atom. The van der Waals surface area contributed by atoms with Crippen LogP contribution in [-0.4, -0.2) is 41.0 Å². The number of hydrogen-bond acceptors (Lipinski definition) is 6. The Morgan fingerprint density at radius 2 is 1.63 bits per heavy atom. The molecule has 0 heterocycles. The third-order valence-corrected chi connectivity index (χ3v) is 7.85. The third-order valence-electron chi connectivity index (χ3n) is 7.10. The Kier molecular flexibility index (Phi) is 5.81. The number of halogens is 1. The molecule has 1 aromatic carbocycles. The predicted octanol–water partition coefficient (Wildman–Crippen LogP) is 3.10. The second-order valence-electron chi connectivity index (χ2n) is 9.09. The quantitative estimate of drug-likeness (QED) is 0.362. The van der Waals surface area contributed by atoms with E-state index < -0.39 is 23.8 Å². The van der Waals surface area contributed by atoms with E-state index in [4.69, 9.17) is 10.8 Å². The van der Waals surface area contributed by atoms with Crippen molar-refractivity contribution >= 4 is 39.2 Å². The summed E-state index contributed by atoms with van der Waals surface area (Å²) in [6, 6.07) is 6.70. The monoisotopic (exact) mass is 534 g/mol. The van der Waals surface area contributed by atoms with Crippen molar-refractivity contribution in [3.8, 4) is 0 Å². The molecule has 5 aliphatic rings. The van der Waals surface area contributed by atoms with Gasteiger partial charge in [-0.3, -0.25) is 19.2 Å². The van der Waals surface area contributed by atoms with Crippen molar-refractivity contribution in [2.45, 2.75) is 37.1 Å². The summed E-state index contributed by atoms with van der Waals surface area (Å²) < 4.78 is 0.166. The van der Waals surface area contributed by atoms with Crippen molar-refractivity contribution in [3.63, 3.8) is 0 Å². The number of carboxylic acid groups (broad SMARTS) is 1. The highest BCUT2D eigenvalue weighted by Gasteiger charge is 2.53. The van der Waals surface area contributed by atoms with Gasteiger partial charge in [-0.05, 0) is 63.5 Å². The lowest BCUT2D eigenvalue weighted by atomic mass is 9.56. The van der Waals surface area contributed by atoms with Crippen molar-refractivity contribution in [2.24, 2.45) is 5.73 Å². The van der Waals surface area contributed by atoms with Crippen molar-refractivity contribution in [1.82, 2.24) is 5.32 Å². The summed E-state index contributed by atoms with van der Waals surface area (Å²) in [5.74, 6) is -2.95. The molecule has 5 aliphatic carbocycles. The van der Waals surface area contributed by atoms with Gasteiger partial charge < -0.3 is 16.2 Å². The molecule has 0 saturated heterocycles. The minimum Gasteiger partial charge on any atom is -0.480 e. The summed E-state index contributed by atoms with van der Waals surface area (Å²) in [7, 11) is 0. The zero-order valence-corrected chi connectivity index (χ0v) is 20.4. The maximum absolute atomic E-state index is 13.8. The van der Waals surface area contributed by atoms with Crippen molar-refractivity contribution in [2.75, 3.05) is 6.54 Å². The fourth-order valence-electron chi connectivity index (χ4n) is 5.52. The maximum atomic E-state index is 13.8. The minimum absolute atomic E-state index is 0.165. The first-order valence-electron chi connectivity index (χ1n) is 11.4. The number of allylic oxidation sites excluding steroid dienone is 8. The van der Waals surface area contributed by atoms with Crippen LogP contribution >= 0.6 is 15.9 Å². The van der Waals surface area contributed by atoms with E-state index >= 15 is 0 Å². The van der Waals surface area contributed by atoms with Gasteiger partial charge in [0.05, 0.1) is 4.48 Å². The Bertz CT molecular complexity index is 1360. The molecule has 3 atom stereocenters. The first-order chi connectivity index (χ1) is 16.7. The highest BCUT2D eigenvalue weighted by atomic mass is 79.9. The van der Waals surface area contributed by atoms with Gasteiger partial charge in [0.1, 0.15) is 11.7 Å². The molecule has 2 bridgehead atoms. The largest absolute Gasteiger partial charge is 0.480 e. The zero-order chi connectivity index (χ0) is 25.0. The van der Waals surface area contributed by atoms with Gasteiger partial charge in [-0.25, -0.2) is 0 Å². The molecule has 0 saturated carbocycles. The number of carboxylic acids is 1. The summed E-state index contributed by atoms with van der Waals surface area (Å²) in [6.45, 7) is 4.49. The van der Waals surface area contributed by atoms with Crippen LogP contribution in [0.25, 0.3) is 0 Å². The van der Waals surface area contributed by atoms with E-state index in [1.807, 2.05) is 24.3 Å². The Labute approximate surface area is 210 Å². The van der Waals surface area contributed by atoms with Gasteiger partial charge in [0.2, 0.25) is 5.78 Å².